The van der Waals surface area contributed by atoms with Gasteiger partial charge in [0, 0.05) is 10.0 Å². The third kappa shape index (κ3) is 6.20. The van der Waals surface area contributed by atoms with Crippen molar-refractivity contribution in [3.05, 3.63) is 161 Å². The number of esters is 1. The van der Waals surface area contributed by atoms with Gasteiger partial charge in [0.2, 0.25) is 0 Å². The van der Waals surface area contributed by atoms with Crippen molar-refractivity contribution in [2.45, 2.75) is 19.6 Å². The van der Waals surface area contributed by atoms with Gasteiger partial charge in [-0.05, 0) is 66.1 Å². The van der Waals surface area contributed by atoms with Gasteiger partial charge < -0.3 is 9.47 Å². The van der Waals surface area contributed by atoms with Gasteiger partial charge in [0.1, 0.15) is 18.2 Å². The van der Waals surface area contributed by atoms with Crippen LogP contribution >= 0.6 is 27.3 Å². The molecule has 0 saturated heterocycles. The van der Waals surface area contributed by atoms with Gasteiger partial charge in [-0.25, -0.2) is 14.2 Å². The predicted molar refractivity (Wildman–Crippen MR) is 172 cm³/mol. The standard InChI is InChI=1S/C35H26BrFN2O4S/c1-2-42-34(41)30-31(24-8-4-3-5-9-24)38-35-39(32(30)25-13-17-27(37)18-14-25)33(40)29(44-35)20-23-7-6-10-28(19-23)43-21-22-11-15-26(36)16-12-22/h3-20,32H,2,21H2,1H3/b29-20-/t32-/m1/s1. The van der Waals surface area contributed by atoms with Crippen LogP contribution in [0.1, 0.15) is 35.2 Å². The van der Waals surface area contributed by atoms with Crippen LogP contribution in [0.3, 0.4) is 0 Å². The Morgan fingerprint density at radius 1 is 1.00 bits per heavy atom. The van der Waals surface area contributed by atoms with Gasteiger partial charge in [0.05, 0.1) is 28.5 Å². The van der Waals surface area contributed by atoms with Crippen molar-refractivity contribution in [2.75, 3.05) is 6.61 Å². The minimum Gasteiger partial charge on any atom is -0.489 e. The van der Waals surface area contributed by atoms with E-state index < -0.39 is 17.8 Å². The number of ether oxygens (including phenoxy) is 2. The second-order valence-corrected chi connectivity index (χ2v) is 11.9. The highest BCUT2D eigenvalue weighted by molar-refractivity contribution is 9.10. The number of rotatable bonds is 8. The van der Waals surface area contributed by atoms with E-state index in [4.69, 9.17) is 14.5 Å². The smallest absolute Gasteiger partial charge is 0.338 e. The largest absolute Gasteiger partial charge is 0.489 e. The Kier molecular flexibility index (Phi) is 8.67. The first-order chi connectivity index (χ1) is 21.4. The van der Waals surface area contributed by atoms with Gasteiger partial charge in [-0.2, -0.15) is 0 Å². The second-order valence-electron chi connectivity index (χ2n) is 9.97. The lowest BCUT2D eigenvalue weighted by Crippen LogP contribution is -2.40. The molecular formula is C35H26BrFN2O4S. The van der Waals surface area contributed by atoms with Gasteiger partial charge in [0.25, 0.3) is 5.56 Å². The van der Waals surface area contributed by atoms with Crippen molar-refractivity contribution in [1.82, 2.24) is 4.57 Å². The maximum atomic E-state index is 14.1. The van der Waals surface area contributed by atoms with Gasteiger partial charge >= 0.3 is 5.97 Å². The second kappa shape index (κ2) is 13.0. The normalized spacial score (nSPS) is 14.6. The van der Waals surface area contributed by atoms with E-state index in [1.165, 1.54) is 28.0 Å². The molecule has 0 N–H and O–H groups in total. The summed E-state index contributed by atoms with van der Waals surface area (Å²) in [6, 6.07) is 29.6. The summed E-state index contributed by atoms with van der Waals surface area (Å²) in [4.78, 5) is 32.8. The Hall–Kier alpha value is -4.60. The third-order valence-electron chi connectivity index (χ3n) is 7.03. The van der Waals surface area contributed by atoms with E-state index >= 15 is 0 Å². The minimum atomic E-state index is -0.871. The first kappa shape index (κ1) is 29.5. The summed E-state index contributed by atoms with van der Waals surface area (Å²) in [6.07, 6.45) is 1.79. The molecule has 220 valence electrons. The first-order valence-electron chi connectivity index (χ1n) is 13.9. The molecule has 4 aromatic carbocycles. The van der Waals surface area contributed by atoms with E-state index in [0.717, 1.165) is 15.6 Å². The Labute approximate surface area is 265 Å². The van der Waals surface area contributed by atoms with Crippen molar-refractivity contribution in [1.29, 1.82) is 0 Å². The molecule has 0 saturated carbocycles. The highest BCUT2D eigenvalue weighted by Gasteiger charge is 2.35. The first-order valence-corrected chi connectivity index (χ1v) is 15.5. The highest BCUT2D eigenvalue weighted by Crippen LogP contribution is 2.35. The van der Waals surface area contributed by atoms with Crippen LogP contribution in [-0.4, -0.2) is 17.1 Å². The number of carbonyl (C=O) groups excluding carboxylic acids is 1. The minimum absolute atomic E-state index is 0.144. The summed E-state index contributed by atoms with van der Waals surface area (Å²) in [7, 11) is 0. The van der Waals surface area contributed by atoms with Crippen LogP contribution in [0.25, 0.3) is 11.8 Å². The topological polar surface area (TPSA) is 69.9 Å². The molecule has 1 aliphatic heterocycles. The van der Waals surface area contributed by atoms with Crippen molar-refractivity contribution < 1.29 is 18.7 Å². The van der Waals surface area contributed by atoms with E-state index in [2.05, 4.69) is 15.9 Å². The molecule has 2 heterocycles. The molecule has 0 spiro atoms. The van der Waals surface area contributed by atoms with Crippen LogP contribution in [-0.2, 0) is 16.1 Å². The molecule has 0 amide bonds. The Balaban J connectivity index is 1.47. The molecule has 1 atom stereocenters. The zero-order valence-corrected chi connectivity index (χ0v) is 26.0. The van der Waals surface area contributed by atoms with Crippen molar-refractivity contribution in [3.63, 3.8) is 0 Å². The van der Waals surface area contributed by atoms with E-state index in [9.17, 15) is 14.0 Å². The van der Waals surface area contributed by atoms with E-state index in [1.54, 1.807) is 25.1 Å². The lowest BCUT2D eigenvalue weighted by molar-refractivity contribution is -0.138. The van der Waals surface area contributed by atoms with Crippen LogP contribution < -0.4 is 19.6 Å². The molecule has 9 heteroatoms. The number of halogens is 2. The molecule has 1 aromatic heterocycles. The summed E-state index contributed by atoms with van der Waals surface area (Å²) in [5, 5.41) is 0. The van der Waals surface area contributed by atoms with Crippen LogP contribution in [0.2, 0.25) is 0 Å². The van der Waals surface area contributed by atoms with Crippen molar-refractivity contribution in [3.8, 4) is 5.75 Å². The molecule has 6 nitrogen and oxygen atoms in total. The number of aromatic nitrogens is 1. The number of benzene rings is 4. The zero-order valence-electron chi connectivity index (χ0n) is 23.6. The van der Waals surface area contributed by atoms with Gasteiger partial charge in [-0.15, -0.1) is 0 Å². The average molecular weight is 670 g/mol. The molecule has 44 heavy (non-hydrogen) atoms. The zero-order chi connectivity index (χ0) is 30.6. The van der Waals surface area contributed by atoms with Crippen LogP contribution in [0.4, 0.5) is 4.39 Å². The summed E-state index contributed by atoms with van der Waals surface area (Å²) >= 11 is 4.67. The number of hydrogen-bond donors (Lipinski definition) is 0. The molecule has 0 unspecified atom stereocenters. The molecule has 5 aromatic rings. The molecule has 0 bridgehead atoms. The van der Waals surface area contributed by atoms with Crippen LogP contribution in [0.5, 0.6) is 5.75 Å². The quantitative estimate of drug-likeness (QED) is 0.179. The monoisotopic (exact) mass is 668 g/mol. The SMILES string of the molecule is CCOC(=O)C1=C(c2ccccc2)N=c2s/c(=C\c3cccc(OCc4ccc(Br)cc4)c3)c(=O)n2[C@@H]1c1ccc(F)cc1. The van der Waals surface area contributed by atoms with Crippen LogP contribution in [0, 0.1) is 5.82 Å². The number of nitrogens with zero attached hydrogens (tertiary/aromatic N) is 2. The summed E-state index contributed by atoms with van der Waals surface area (Å²) in [5.41, 5.74) is 3.37. The van der Waals surface area contributed by atoms with E-state index in [0.29, 0.717) is 38.5 Å². The Morgan fingerprint density at radius 3 is 2.48 bits per heavy atom. The van der Waals surface area contributed by atoms with Crippen molar-refractivity contribution in [2.24, 2.45) is 4.99 Å². The average Bonchev–Trinajstić information content (AvgIpc) is 3.35. The maximum Gasteiger partial charge on any atom is 0.338 e. The van der Waals surface area contributed by atoms with Gasteiger partial charge in [-0.1, -0.05) is 94.0 Å². The van der Waals surface area contributed by atoms with Gasteiger partial charge in [-0.3, -0.25) is 9.36 Å². The van der Waals surface area contributed by atoms with E-state index in [-0.39, 0.29) is 17.7 Å². The molecular weight excluding hydrogens is 643 g/mol. The fourth-order valence-corrected chi connectivity index (χ4v) is 6.26. The summed E-state index contributed by atoms with van der Waals surface area (Å²) in [5.74, 6) is -0.350. The summed E-state index contributed by atoms with van der Waals surface area (Å²) in [6.45, 7) is 2.26. The highest BCUT2D eigenvalue weighted by atomic mass is 79.9. The lowest BCUT2D eigenvalue weighted by Gasteiger charge is -2.25. The third-order valence-corrected chi connectivity index (χ3v) is 8.55. The Bertz CT molecular complexity index is 2040. The fourth-order valence-electron chi connectivity index (χ4n) is 4.99. The molecule has 0 radical (unpaired) electrons. The number of hydrogen-bond acceptors (Lipinski definition) is 6. The molecule has 6 rings (SSSR count). The fraction of sp³-hybridized carbons (Fsp3) is 0.114. The maximum absolute atomic E-state index is 14.1. The van der Waals surface area contributed by atoms with Crippen LogP contribution in [0.15, 0.2) is 123 Å². The number of thiazole rings is 1. The molecule has 0 aliphatic carbocycles. The molecule has 1 aliphatic rings. The van der Waals surface area contributed by atoms with Crippen molar-refractivity contribution >= 4 is 45.0 Å². The number of fused-ring (bicyclic) bond motifs is 1. The predicted octanol–water partition coefficient (Wildman–Crippen LogP) is 6.42. The molecule has 0 fully saturated rings. The summed E-state index contributed by atoms with van der Waals surface area (Å²) < 4.78 is 28.4. The van der Waals surface area contributed by atoms with E-state index in [1.807, 2.05) is 78.9 Å². The van der Waals surface area contributed by atoms with Gasteiger partial charge in [0.15, 0.2) is 4.80 Å². The Morgan fingerprint density at radius 2 is 1.75 bits per heavy atom. The lowest BCUT2D eigenvalue weighted by atomic mass is 9.93. The number of carbonyl (C=O) groups is 1.